The van der Waals surface area contributed by atoms with E-state index >= 15 is 0 Å². The van der Waals surface area contributed by atoms with Crippen LogP contribution < -0.4 is 0 Å². The summed E-state index contributed by atoms with van der Waals surface area (Å²) in [7, 11) is 8.43. The lowest BCUT2D eigenvalue weighted by Crippen LogP contribution is -2.17. The van der Waals surface area contributed by atoms with Crippen LogP contribution in [0.3, 0.4) is 0 Å². The molecule has 2 aromatic carbocycles. The first kappa shape index (κ1) is 30.2. The largest absolute Gasteiger partial charge is 0.309 e. The van der Waals surface area contributed by atoms with E-state index in [0.717, 1.165) is 46.3 Å². The molecule has 4 nitrogen and oxygen atoms in total. The minimum absolute atomic E-state index is 0.358. The van der Waals surface area contributed by atoms with Crippen LogP contribution in [0.5, 0.6) is 0 Å². The summed E-state index contributed by atoms with van der Waals surface area (Å²) >= 11 is 6.98. The first-order chi connectivity index (χ1) is 18.3. The molecular formula is C32H38Br2N4. The molecule has 0 N–H and O–H groups in total. The minimum atomic E-state index is 0.358. The maximum Gasteiger partial charge on any atom is 0.0478 e. The van der Waals surface area contributed by atoms with Crippen LogP contribution in [0.25, 0.3) is 0 Å². The first-order valence-corrected chi connectivity index (χ1v) is 14.5. The molecule has 0 fully saturated rings. The second-order valence-corrected chi connectivity index (χ2v) is 11.7. The van der Waals surface area contributed by atoms with Gasteiger partial charge in [-0.1, -0.05) is 68.3 Å². The highest BCUT2D eigenvalue weighted by Gasteiger charge is 2.16. The lowest BCUT2D eigenvalue weighted by atomic mass is 9.92. The van der Waals surface area contributed by atoms with Crippen LogP contribution in [0, 0.1) is 0 Å². The van der Waals surface area contributed by atoms with E-state index in [1.807, 2.05) is 24.5 Å². The predicted molar refractivity (Wildman–Crippen MR) is 167 cm³/mol. The van der Waals surface area contributed by atoms with Crippen molar-refractivity contribution in [1.82, 2.24) is 19.8 Å². The van der Waals surface area contributed by atoms with Gasteiger partial charge in [0, 0.05) is 44.6 Å². The van der Waals surface area contributed by atoms with Crippen molar-refractivity contribution in [2.24, 2.45) is 0 Å². The molecule has 6 heteroatoms. The van der Waals surface area contributed by atoms with Gasteiger partial charge < -0.3 is 9.80 Å². The van der Waals surface area contributed by atoms with E-state index in [-0.39, 0.29) is 0 Å². The third-order valence-corrected chi connectivity index (χ3v) is 7.42. The number of rotatable bonds is 10. The summed E-state index contributed by atoms with van der Waals surface area (Å²) in [4.78, 5) is 13.5. The average molecular weight is 638 g/mol. The van der Waals surface area contributed by atoms with Gasteiger partial charge in [0.1, 0.15) is 0 Å². The van der Waals surface area contributed by atoms with Crippen LogP contribution in [0.1, 0.15) is 47.2 Å². The highest BCUT2D eigenvalue weighted by molar-refractivity contribution is 9.10. The van der Waals surface area contributed by atoms with Gasteiger partial charge in [0.05, 0.1) is 0 Å². The maximum atomic E-state index is 4.53. The van der Waals surface area contributed by atoms with Gasteiger partial charge >= 0.3 is 0 Å². The van der Waals surface area contributed by atoms with Crippen molar-refractivity contribution < 1.29 is 0 Å². The molecule has 0 saturated heterocycles. The Morgan fingerprint density at radius 2 is 0.921 bits per heavy atom. The quantitative estimate of drug-likeness (QED) is 0.177. The Balaban J connectivity index is 0.000000211. The summed E-state index contributed by atoms with van der Waals surface area (Å²) in [5, 5.41) is 0. The molecule has 4 rings (SSSR count). The Hall–Kier alpha value is -2.38. The number of aromatic nitrogens is 2. The zero-order valence-electron chi connectivity index (χ0n) is 22.8. The van der Waals surface area contributed by atoms with Gasteiger partial charge in [-0.3, -0.25) is 9.97 Å². The second-order valence-electron chi connectivity index (χ2n) is 9.90. The van der Waals surface area contributed by atoms with E-state index in [1.54, 1.807) is 0 Å². The van der Waals surface area contributed by atoms with Gasteiger partial charge in [-0.2, -0.15) is 0 Å². The minimum Gasteiger partial charge on any atom is -0.309 e. The Labute approximate surface area is 245 Å². The van der Waals surface area contributed by atoms with Gasteiger partial charge in [-0.15, -0.1) is 0 Å². The van der Waals surface area contributed by atoms with Crippen LogP contribution in [-0.2, 0) is 0 Å². The van der Waals surface area contributed by atoms with Gasteiger partial charge in [0.25, 0.3) is 0 Å². The molecule has 0 amide bonds. The molecule has 38 heavy (non-hydrogen) atoms. The van der Waals surface area contributed by atoms with E-state index in [4.69, 9.17) is 0 Å². The molecule has 0 saturated carbocycles. The fourth-order valence-corrected chi connectivity index (χ4v) is 4.83. The number of hydrogen-bond donors (Lipinski definition) is 0. The number of hydrogen-bond acceptors (Lipinski definition) is 4. The highest BCUT2D eigenvalue weighted by atomic mass is 79.9. The fraction of sp³-hybridized carbons (Fsp3) is 0.312. The van der Waals surface area contributed by atoms with Crippen LogP contribution in [-0.4, -0.2) is 61.0 Å². The molecule has 200 valence electrons. The van der Waals surface area contributed by atoms with E-state index in [1.165, 1.54) is 11.1 Å². The second kappa shape index (κ2) is 15.9. The number of pyridine rings is 2. The summed E-state index contributed by atoms with van der Waals surface area (Å²) in [6.45, 7) is 2.11. The molecule has 0 aliphatic rings. The van der Waals surface area contributed by atoms with Crippen molar-refractivity contribution in [1.29, 1.82) is 0 Å². The summed E-state index contributed by atoms with van der Waals surface area (Å²) in [5.41, 5.74) is 4.94. The summed E-state index contributed by atoms with van der Waals surface area (Å²) in [6, 6.07) is 29.4. The van der Waals surface area contributed by atoms with Crippen LogP contribution in [0.4, 0.5) is 0 Å². The third-order valence-electron chi connectivity index (χ3n) is 6.36. The summed E-state index contributed by atoms with van der Waals surface area (Å²) < 4.78 is 2.23. The number of nitrogens with zero attached hydrogens (tertiary/aromatic N) is 4. The zero-order valence-corrected chi connectivity index (χ0v) is 25.9. The first-order valence-electron chi connectivity index (χ1n) is 13.0. The van der Waals surface area contributed by atoms with Crippen LogP contribution in [0.2, 0.25) is 0 Å². The Bertz CT molecular complexity index is 1080. The molecule has 2 heterocycles. The predicted octanol–water partition coefficient (Wildman–Crippen LogP) is 7.86. The molecule has 0 aliphatic heterocycles. The van der Waals surface area contributed by atoms with Gasteiger partial charge in [0.2, 0.25) is 0 Å². The number of benzene rings is 2. The van der Waals surface area contributed by atoms with E-state index in [2.05, 4.69) is 153 Å². The molecule has 4 aromatic rings. The van der Waals surface area contributed by atoms with Crippen molar-refractivity contribution >= 4 is 31.9 Å². The average Bonchev–Trinajstić information content (AvgIpc) is 2.92. The van der Waals surface area contributed by atoms with Gasteiger partial charge in [-0.05, 0) is 114 Å². The van der Waals surface area contributed by atoms with E-state index in [0.29, 0.717) is 11.8 Å². The molecule has 0 aliphatic carbocycles. The normalized spacial score (nSPS) is 12.6. The third kappa shape index (κ3) is 10.1. The SMILES string of the molecule is CN(C)CCC(c1ccc(Br)cc1)c1ccccn1.CN(C)CC[C@@H](c1ccc(Br)cc1)c1ccccn1. The van der Waals surface area contributed by atoms with Crippen molar-refractivity contribution in [2.45, 2.75) is 24.7 Å². The summed E-state index contributed by atoms with van der Waals surface area (Å²) in [5.74, 6) is 0.716. The molecule has 2 atom stereocenters. The lowest BCUT2D eigenvalue weighted by Gasteiger charge is -2.19. The van der Waals surface area contributed by atoms with Gasteiger partial charge in [-0.25, -0.2) is 0 Å². The zero-order chi connectivity index (χ0) is 27.3. The molecule has 1 unspecified atom stereocenters. The van der Waals surface area contributed by atoms with Gasteiger partial charge in [0.15, 0.2) is 0 Å². The Morgan fingerprint density at radius 3 is 1.21 bits per heavy atom. The van der Waals surface area contributed by atoms with Crippen molar-refractivity contribution in [2.75, 3.05) is 41.3 Å². The number of halogens is 2. The van der Waals surface area contributed by atoms with Crippen molar-refractivity contribution in [3.05, 3.63) is 129 Å². The lowest BCUT2D eigenvalue weighted by molar-refractivity contribution is 0.389. The molecule has 0 bridgehead atoms. The standard InChI is InChI=1S/2C16H19BrN2/c2*1-19(2)12-10-15(16-5-3-4-11-18-16)13-6-8-14(17)9-7-13/h2*3-9,11,15H,10,12H2,1-2H3/t15-;/m0./s1. The highest BCUT2D eigenvalue weighted by Crippen LogP contribution is 2.29. The molecular weight excluding hydrogens is 600 g/mol. The topological polar surface area (TPSA) is 32.3 Å². The van der Waals surface area contributed by atoms with Crippen LogP contribution in [0.15, 0.2) is 106 Å². The smallest absolute Gasteiger partial charge is 0.0478 e. The maximum absolute atomic E-state index is 4.53. The summed E-state index contributed by atoms with van der Waals surface area (Å²) in [6.07, 6.45) is 5.89. The Morgan fingerprint density at radius 1 is 0.553 bits per heavy atom. The molecule has 2 aromatic heterocycles. The fourth-order valence-electron chi connectivity index (χ4n) is 4.30. The van der Waals surface area contributed by atoms with Crippen molar-refractivity contribution in [3.63, 3.8) is 0 Å². The van der Waals surface area contributed by atoms with E-state index in [9.17, 15) is 0 Å². The van der Waals surface area contributed by atoms with Crippen molar-refractivity contribution in [3.8, 4) is 0 Å². The van der Waals surface area contributed by atoms with Crippen LogP contribution >= 0.6 is 31.9 Å². The molecule has 0 radical (unpaired) electrons. The van der Waals surface area contributed by atoms with E-state index < -0.39 is 0 Å². The monoisotopic (exact) mass is 636 g/mol. The Kier molecular flexibility index (Phi) is 12.6. The molecule has 0 spiro atoms.